The average molecular weight is 437 g/mol. The van der Waals surface area contributed by atoms with Gasteiger partial charge in [-0.3, -0.25) is 15.0 Å². The second-order valence-electron chi connectivity index (χ2n) is 9.16. The maximum atomic E-state index is 15.4. The fourth-order valence-corrected chi connectivity index (χ4v) is 4.25. The Morgan fingerprint density at radius 2 is 1.97 bits per heavy atom. The number of benzene rings is 1. The number of carbonyl (C=O) groups is 3. The summed E-state index contributed by atoms with van der Waals surface area (Å²) in [5, 5.41) is 2.23. The summed E-state index contributed by atoms with van der Waals surface area (Å²) in [5.41, 5.74) is -1.50. The van der Waals surface area contributed by atoms with Crippen LogP contribution in [0.1, 0.15) is 39.2 Å². The van der Waals surface area contributed by atoms with E-state index < -0.39 is 35.6 Å². The van der Waals surface area contributed by atoms with Gasteiger partial charge in [0, 0.05) is 36.8 Å². The molecule has 1 N–H and O–H groups in total. The summed E-state index contributed by atoms with van der Waals surface area (Å²) in [6, 6.07) is 4.13. The highest BCUT2D eigenvalue weighted by Gasteiger charge is 2.62. The van der Waals surface area contributed by atoms with Crippen LogP contribution in [0.3, 0.4) is 0 Å². The van der Waals surface area contributed by atoms with Gasteiger partial charge in [-0.1, -0.05) is 6.07 Å². The molecule has 0 bridgehead atoms. The molecule has 0 saturated carbocycles. The Balaban J connectivity index is 1.57. The van der Waals surface area contributed by atoms with Gasteiger partial charge in [-0.15, -0.1) is 0 Å². The highest BCUT2D eigenvalue weighted by molar-refractivity contribution is 6.05. The van der Waals surface area contributed by atoms with Gasteiger partial charge in [0.2, 0.25) is 5.91 Å². The Morgan fingerprint density at radius 3 is 2.61 bits per heavy atom. The molecule has 2 fully saturated rings. The second-order valence-corrected chi connectivity index (χ2v) is 9.16. The highest BCUT2D eigenvalue weighted by atomic mass is 19.3. The molecule has 3 heterocycles. The standard InChI is InChI=1S/C21H25F2N3O5/c1-19(2,3)31-18(29)25-9-7-20(21(22,23)11-25)12-30-15-10-13(4-5-14(15)20)26-8-6-16(27)24-17(26)28/h4-5,10H,6-9,11-12H2,1-3H3,(H,24,27,28). The zero-order valence-corrected chi connectivity index (χ0v) is 17.7. The molecule has 10 heteroatoms. The first-order valence-corrected chi connectivity index (χ1v) is 10.2. The molecule has 8 nitrogen and oxygen atoms in total. The molecule has 3 aliphatic heterocycles. The first-order valence-electron chi connectivity index (χ1n) is 10.2. The van der Waals surface area contributed by atoms with Crippen molar-refractivity contribution in [3.8, 4) is 5.75 Å². The first kappa shape index (κ1) is 21.3. The summed E-state index contributed by atoms with van der Waals surface area (Å²) in [5.74, 6) is -3.30. The number of halogens is 2. The van der Waals surface area contributed by atoms with Gasteiger partial charge in [0.15, 0.2) is 0 Å². The van der Waals surface area contributed by atoms with Crippen LogP contribution in [0.2, 0.25) is 0 Å². The van der Waals surface area contributed by atoms with Gasteiger partial charge < -0.3 is 14.4 Å². The van der Waals surface area contributed by atoms with Crippen molar-refractivity contribution in [2.45, 2.75) is 50.6 Å². The van der Waals surface area contributed by atoms with Crippen LogP contribution >= 0.6 is 0 Å². The minimum Gasteiger partial charge on any atom is -0.492 e. The summed E-state index contributed by atoms with van der Waals surface area (Å²) in [6.45, 7) is 4.40. The second kappa shape index (κ2) is 7.06. The predicted molar refractivity (Wildman–Crippen MR) is 106 cm³/mol. The lowest BCUT2D eigenvalue weighted by Crippen LogP contribution is -2.60. The van der Waals surface area contributed by atoms with Gasteiger partial charge in [-0.25, -0.2) is 18.4 Å². The molecule has 0 aliphatic carbocycles. The number of hydrogen-bond acceptors (Lipinski definition) is 5. The smallest absolute Gasteiger partial charge is 0.410 e. The molecular weight excluding hydrogens is 412 g/mol. The van der Waals surface area contributed by atoms with Crippen molar-refractivity contribution in [1.82, 2.24) is 10.2 Å². The number of piperidine rings is 1. The minimum absolute atomic E-state index is 0.0181. The number of anilines is 1. The molecule has 3 aliphatic rings. The third-order valence-electron chi connectivity index (χ3n) is 5.87. The number of ether oxygens (including phenoxy) is 2. The lowest BCUT2D eigenvalue weighted by Gasteiger charge is -2.44. The molecule has 1 spiro atoms. The van der Waals surface area contributed by atoms with Gasteiger partial charge in [-0.2, -0.15) is 0 Å². The molecular formula is C21H25F2N3O5. The Hall–Kier alpha value is -2.91. The van der Waals surface area contributed by atoms with Crippen molar-refractivity contribution in [3.05, 3.63) is 23.8 Å². The van der Waals surface area contributed by atoms with Crippen molar-refractivity contribution in [1.29, 1.82) is 0 Å². The van der Waals surface area contributed by atoms with Crippen molar-refractivity contribution in [2.75, 3.05) is 31.1 Å². The van der Waals surface area contributed by atoms with E-state index in [-0.39, 0.29) is 44.2 Å². The van der Waals surface area contributed by atoms with Gasteiger partial charge in [-0.05, 0) is 33.3 Å². The Kier molecular flexibility index (Phi) is 4.86. The van der Waals surface area contributed by atoms with Crippen LogP contribution in [0, 0.1) is 0 Å². The highest BCUT2D eigenvalue weighted by Crippen LogP contribution is 2.53. The minimum atomic E-state index is -3.23. The van der Waals surface area contributed by atoms with Crippen LogP contribution in [-0.4, -0.2) is 60.7 Å². The number of alkyl halides is 2. The molecule has 2 saturated heterocycles. The van der Waals surface area contributed by atoms with E-state index in [0.29, 0.717) is 11.3 Å². The largest absolute Gasteiger partial charge is 0.492 e. The van der Waals surface area contributed by atoms with Crippen LogP contribution in [0.25, 0.3) is 0 Å². The summed E-state index contributed by atoms with van der Waals surface area (Å²) >= 11 is 0. The molecule has 31 heavy (non-hydrogen) atoms. The molecule has 0 aromatic heterocycles. The molecule has 1 unspecified atom stereocenters. The van der Waals surface area contributed by atoms with E-state index >= 15 is 8.78 Å². The van der Waals surface area contributed by atoms with E-state index in [0.717, 1.165) is 4.90 Å². The van der Waals surface area contributed by atoms with E-state index in [2.05, 4.69) is 5.32 Å². The fourth-order valence-electron chi connectivity index (χ4n) is 4.25. The van der Waals surface area contributed by atoms with Crippen LogP contribution in [-0.2, 0) is 14.9 Å². The van der Waals surface area contributed by atoms with E-state index in [9.17, 15) is 14.4 Å². The van der Waals surface area contributed by atoms with Gasteiger partial charge in [0.1, 0.15) is 18.0 Å². The number of nitrogens with one attached hydrogen (secondary N) is 1. The number of likely N-dealkylation sites (tertiary alicyclic amines) is 1. The number of fused-ring (bicyclic) bond motifs is 2. The van der Waals surface area contributed by atoms with Crippen molar-refractivity contribution in [2.24, 2.45) is 0 Å². The zero-order chi connectivity index (χ0) is 22.6. The normalized spacial score (nSPS) is 25.2. The van der Waals surface area contributed by atoms with Crippen LogP contribution in [0.5, 0.6) is 5.75 Å². The Labute approximate surface area is 178 Å². The number of hydrogen-bond donors (Lipinski definition) is 1. The topological polar surface area (TPSA) is 88.2 Å². The Morgan fingerprint density at radius 1 is 1.23 bits per heavy atom. The van der Waals surface area contributed by atoms with Crippen molar-refractivity contribution >= 4 is 23.7 Å². The van der Waals surface area contributed by atoms with Gasteiger partial charge in [0.25, 0.3) is 5.92 Å². The van der Waals surface area contributed by atoms with Crippen LogP contribution in [0.15, 0.2) is 18.2 Å². The number of amides is 4. The van der Waals surface area contributed by atoms with E-state index in [1.165, 1.54) is 4.90 Å². The molecule has 1 aromatic carbocycles. The number of carbonyl (C=O) groups excluding carboxylic acids is 3. The summed E-state index contributed by atoms with van der Waals surface area (Å²) < 4.78 is 41.7. The van der Waals surface area contributed by atoms with Crippen molar-refractivity contribution in [3.63, 3.8) is 0 Å². The third-order valence-corrected chi connectivity index (χ3v) is 5.87. The molecule has 168 valence electrons. The summed E-state index contributed by atoms with van der Waals surface area (Å²) in [6.07, 6.45) is -0.585. The SMILES string of the molecule is CC(C)(C)OC(=O)N1CCC2(COc3cc(N4CCC(=O)NC4=O)ccc32)C(F)(F)C1. The maximum Gasteiger partial charge on any atom is 0.410 e. The lowest BCUT2D eigenvalue weighted by atomic mass is 9.71. The quantitative estimate of drug-likeness (QED) is 0.730. The number of urea groups is 1. The third kappa shape index (κ3) is 3.68. The molecule has 4 rings (SSSR count). The summed E-state index contributed by atoms with van der Waals surface area (Å²) in [7, 11) is 0. The van der Waals surface area contributed by atoms with Crippen LogP contribution < -0.4 is 15.0 Å². The van der Waals surface area contributed by atoms with E-state index in [1.54, 1.807) is 39.0 Å². The van der Waals surface area contributed by atoms with Crippen molar-refractivity contribution < 1.29 is 32.6 Å². The molecule has 1 atom stereocenters. The zero-order valence-electron chi connectivity index (χ0n) is 17.7. The van der Waals surface area contributed by atoms with E-state index in [4.69, 9.17) is 9.47 Å². The number of nitrogens with zero attached hydrogens (tertiary/aromatic N) is 2. The first-order chi connectivity index (χ1) is 14.4. The maximum absolute atomic E-state index is 15.4. The predicted octanol–water partition coefficient (Wildman–Crippen LogP) is 3.04. The van der Waals surface area contributed by atoms with E-state index in [1.807, 2.05) is 0 Å². The van der Waals surface area contributed by atoms with Gasteiger partial charge >= 0.3 is 12.1 Å². The average Bonchev–Trinajstić information content (AvgIpc) is 3.02. The lowest BCUT2D eigenvalue weighted by molar-refractivity contribution is -0.132. The monoisotopic (exact) mass is 437 g/mol. The Bertz CT molecular complexity index is 945. The molecule has 0 radical (unpaired) electrons. The molecule has 1 aromatic rings. The molecule has 4 amide bonds. The van der Waals surface area contributed by atoms with Gasteiger partial charge in [0.05, 0.1) is 12.0 Å². The number of rotatable bonds is 1. The van der Waals surface area contributed by atoms with Crippen LogP contribution in [0.4, 0.5) is 24.1 Å². The summed E-state index contributed by atoms with van der Waals surface area (Å²) in [4.78, 5) is 38.2. The number of imide groups is 1. The fraction of sp³-hybridized carbons (Fsp3) is 0.571.